The molecule has 11 nitrogen and oxygen atoms in total. The predicted molar refractivity (Wildman–Crippen MR) is 123 cm³/mol. The molecule has 2 aromatic rings. The molecule has 5 rings (SSSR count). The molecule has 1 atom stereocenters. The van der Waals surface area contributed by atoms with Crippen LogP contribution in [-0.4, -0.2) is 80.1 Å². The second-order valence-corrected chi connectivity index (χ2v) is 8.28. The summed E-state index contributed by atoms with van der Waals surface area (Å²) in [6.07, 6.45) is 3.88. The van der Waals surface area contributed by atoms with E-state index in [1.54, 1.807) is 13.2 Å². The number of carbonyl (C=O) groups is 1. The zero-order chi connectivity index (χ0) is 22.6. The molecule has 5 heterocycles. The van der Waals surface area contributed by atoms with Crippen LogP contribution >= 0.6 is 0 Å². The number of hydrogen-bond acceptors (Lipinski definition) is 10. The fourth-order valence-corrected chi connectivity index (χ4v) is 4.26. The third-order valence-electron chi connectivity index (χ3n) is 5.95. The lowest BCUT2D eigenvalue weighted by Gasteiger charge is -2.31. The van der Waals surface area contributed by atoms with Crippen LogP contribution in [-0.2, 0) is 20.8 Å². The number of pyridine rings is 1. The van der Waals surface area contributed by atoms with E-state index in [4.69, 9.17) is 14.2 Å². The van der Waals surface area contributed by atoms with Crippen LogP contribution in [0.4, 0.5) is 23.1 Å². The van der Waals surface area contributed by atoms with Crippen molar-refractivity contribution in [3.8, 4) is 6.01 Å². The van der Waals surface area contributed by atoms with Gasteiger partial charge in [-0.25, -0.2) is 4.98 Å². The fraction of sp³-hybridized carbons (Fsp3) is 0.545. The summed E-state index contributed by atoms with van der Waals surface area (Å²) in [7, 11) is 1.76. The molecule has 2 N–H and O–H groups in total. The average Bonchev–Trinajstić information content (AvgIpc) is 3.37. The van der Waals surface area contributed by atoms with Crippen molar-refractivity contribution < 1.29 is 19.0 Å². The van der Waals surface area contributed by atoms with E-state index in [0.29, 0.717) is 43.7 Å². The minimum Gasteiger partial charge on any atom is -0.461 e. The average molecular weight is 456 g/mol. The van der Waals surface area contributed by atoms with E-state index >= 15 is 0 Å². The molecule has 0 aromatic carbocycles. The van der Waals surface area contributed by atoms with Gasteiger partial charge in [-0.2, -0.15) is 9.97 Å². The largest absolute Gasteiger partial charge is 0.461 e. The molecule has 2 aromatic heterocycles. The lowest BCUT2D eigenvalue weighted by Crippen LogP contribution is -2.39. The van der Waals surface area contributed by atoms with Gasteiger partial charge in [0, 0.05) is 39.5 Å². The lowest BCUT2D eigenvalue weighted by atomic mass is 10.2. The van der Waals surface area contributed by atoms with Gasteiger partial charge in [0.1, 0.15) is 18.1 Å². The van der Waals surface area contributed by atoms with Gasteiger partial charge in [0.15, 0.2) is 11.6 Å². The number of ether oxygens (including phenoxy) is 3. The first kappa shape index (κ1) is 21.7. The van der Waals surface area contributed by atoms with E-state index < -0.39 is 0 Å². The van der Waals surface area contributed by atoms with Gasteiger partial charge < -0.3 is 34.6 Å². The highest BCUT2D eigenvalue weighted by atomic mass is 16.5. The molecule has 1 amide bonds. The zero-order valence-corrected chi connectivity index (χ0v) is 18.7. The Morgan fingerprint density at radius 3 is 2.94 bits per heavy atom. The Hall–Kier alpha value is -3.18. The van der Waals surface area contributed by atoms with Gasteiger partial charge in [-0.05, 0) is 30.5 Å². The molecule has 33 heavy (non-hydrogen) atoms. The number of aromatic nitrogens is 3. The minimum atomic E-state index is -0.113. The highest BCUT2D eigenvalue weighted by Gasteiger charge is 2.29. The van der Waals surface area contributed by atoms with Crippen molar-refractivity contribution >= 4 is 29.0 Å². The fourth-order valence-electron chi connectivity index (χ4n) is 4.26. The summed E-state index contributed by atoms with van der Waals surface area (Å²) < 4.78 is 17.0. The van der Waals surface area contributed by atoms with Crippen LogP contribution in [0.25, 0.3) is 0 Å². The first-order chi connectivity index (χ1) is 16.2. The number of nitrogens with zero attached hydrogens (tertiary/aromatic N) is 5. The Morgan fingerprint density at radius 2 is 2.15 bits per heavy atom. The molecule has 176 valence electrons. The molecule has 0 spiro atoms. The smallest absolute Gasteiger partial charge is 0.320 e. The Balaban J connectivity index is 1.38. The SMILES string of the molecule is CNc1nc(OCC2CCCO2)nc2c1NC(=O)CN2Cc1ccnc(N2CCOCC2)c1. The molecule has 0 aliphatic carbocycles. The number of morpholine rings is 1. The molecular weight excluding hydrogens is 426 g/mol. The maximum absolute atomic E-state index is 12.5. The van der Waals surface area contributed by atoms with Gasteiger partial charge in [0.2, 0.25) is 5.91 Å². The second-order valence-electron chi connectivity index (χ2n) is 8.28. The summed E-state index contributed by atoms with van der Waals surface area (Å²) in [4.78, 5) is 30.2. The molecule has 2 fully saturated rings. The van der Waals surface area contributed by atoms with Gasteiger partial charge in [0.05, 0.1) is 25.9 Å². The normalized spacial score (nSPS) is 20.4. The standard InChI is InChI=1S/C22H29N7O4/c1-23-20-19-21(27-22(26-20)33-14-16-3-2-8-32-16)29(13-18(30)25-19)12-15-4-5-24-17(11-15)28-6-9-31-10-7-28/h4-5,11,16H,2-3,6-10,12-14H2,1H3,(H,25,30)(H,23,26,27). The minimum absolute atomic E-state index is 0.0638. The van der Waals surface area contributed by atoms with Gasteiger partial charge in [-0.1, -0.05) is 0 Å². The molecule has 0 saturated carbocycles. The van der Waals surface area contributed by atoms with Crippen LogP contribution in [0.1, 0.15) is 18.4 Å². The highest BCUT2D eigenvalue weighted by Crippen LogP contribution is 2.36. The van der Waals surface area contributed by atoms with Crippen LogP contribution in [0.15, 0.2) is 18.3 Å². The summed E-state index contributed by atoms with van der Waals surface area (Å²) in [5.74, 6) is 1.94. The molecule has 1 unspecified atom stereocenters. The van der Waals surface area contributed by atoms with E-state index in [1.807, 2.05) is 11.0 Å². The molecule has 11 heteroatoms. The van der Waals surface area contributed by atoms with E-state index in [2.05, 4.69) is 36.6 Å². The molecule has 0 bridgehead atoms. The summed E-state index contributed by atoms with van der Waals surface area (Å²) in [5, 5.41) is 5.95. The molecular formula is C22H29N7O4. The van der Waals surface area contributed by atoms with E-state index in [9.17, 15) is 4.79 Å². The molecule has 2 saturated heterocycles. The second kappa shape index (κ2) is 9.75. The van der Waals surface area contributed by atoms with Crippen LogP contribution in [0.3, 0.4) is 0 Å². The number of nitrogens with one attached hydrogen (secondary N) is 2. The highest BCUT2D eigenvalue weighted by molar-refractivity contribution is 6.03. The van der Waals surface area contributed by atoms with Crippen molar-refractivity contribution in [3.63, 3.8) is 0 Å². The summed E-state index contributed by atoms with van der Waals surface area (Å²) in [5.41, 5.74) is 1.60. The van der Waals surface area contributed by atoms with Gasteiger partial charge in [0.25, 0.3) is 0 Å². The van der Waals surface area contributed by atoms with Gasteiger partial charge in [-0.15, -0.1) is 0 Å². The van der Waals surface area contributed by atoms with Gasteiger partial charge in [-0.3, -0.25) is 4.79 Å². The van der Waals surface area contributed by atoms with Crippen molar-refractivity contribution in [1.82, 2.24) is 15.0 Å². The molecule has 0 radical (unpaired) electrons. The Morgan fingerprint density at radius 1 is 1.27 bits per heavy atom. The maximum atomic E-state index is 12.5. The van der Waals surface area contributed by atoms with Crippen LogP contribution in [0, 0.1) is 0 Å². The summed E-state index contributed by atoms with van der Waals surface area (Å²) in [6.45, 7) is 4.89. The number of rotatable bonds is 7. The lowest BCUT2D eigenvalue weighted by molar-refractivity contribution is -0.115. The van der Waals surface area contributed by atoms with E-state index in [1.165, 1.54) is 0 Å². The van der Waals surface area contributed by atoms with E-state index in [0.717, 1.165) is 43.9 Å². The van der Waals surface area contributed by atoms with Gasteiger partial charge >= 0.3 is 6.01 Å². The van der Waals surface area contributed by atoms with E-state index in [-0.39, 0.29) is 24.6 Å². The van der Waals surface area contributed by atoms with Crippen molar-refractivity contribution in [2.75, 3.05) is 73.5 Å². The number of fused-ring (bicyclic) bond motifs is 1. The quantitative estimate of drug-likeness (QED) is 0.633. The van der Waals surface area contributed by atoms with Crippen molar-refractivity contribution in [2.24, 2.45) is 0 Å². The Bertz CT molecular complexity index is 993. The Labute approximate surface area is 192 Å². The molecule has 3 aliphatic rings. The van der Waals surface area contributed by atoms with Crippen molar-refractivity contribution in [1.29, 1.82) is 0 Å². The number of amides is 1. The molecule has 3 aliphatic heterocycles. The first-order valence-corrected chi connectivity index (χ1v) is 11.4. The predicted octanol–water partition coefficient (Wildman–Crippen LogP) is 1.27. The Kier molecular flexibility index (Phi) is 6.40. The van der Waals surface area contributed by atoms with Crippen LogP contribution < -0.4 is 25.2 Å². The monoisotopic (exact) mass is 455 g/mol. The zero-order valence-electron chi connectivity index (χ0n) is 18.7. The van der Waals surface area contributed by atoms with Crippen LogP contribution in [0.2, 0.25) is 0 Å². The summed E-state index contributed by atoms with van der Waals surface area (Å²) in [6, 6.07) is 4.29. The first-order valence-electron chi connectivity index (χ1n) is 11.4. The topological polar surface area (TPSA) is 114 Å². The van der Waals surface area contributed by atoms with Crippen molar-refractivity contribution in [2.45, 2.75) is 25.5 Å². The van der Waals surface area contributed by atoms with Crippen LogP contribution in [0.5, 0.6) is 6.01 Å². The number of hydrogen-bond donors (Lipinski definition) is 2. The maximum Gasteiger partial charge on any atom is 0.320 e. The number of anilines is 4. The number of carbonyl (C=O) groups excluding carboxylic acids is 1. The van der Waals surface area contributed by atoms with Crippen molar-refractivity contribution in [3.05, 3.63) is 23.9 Å². The third-order valence-corrected chi connectivity index (χ3v) is 5.95. The summed E-state index contributed by atoms with van der Waals surface area (Å²) >= 11 is 0. The third kappa shape index (κ3) is 4.93.